The van der Waals surface area contributed by atoms with E-state index in [2.05, 4.69) is 25.4 Å². The van der Waals surface area contributed by atoms with Crippen LogP contribution >= 0.6 is 0 Å². The predicted molar refractivity (Wildman–Crippen MR) is 77.7 cm³/mol. The first-order valence-corrected chi connectivity index (χ1v) is 7.35. The molecule has 0 unspecified atom stereocenters. The van der Waals surface area contributed by atoms with E-state index in [4.69, 9.17) is 14.0 Å². The molecule has 0 aliphatic carbocycles. The van der Waals surface area contributed by atoms with Crippen molar-refractivity contribution in [2.75, 3.05) is 6.79 Å². The van der Waals surface area contributed by atoms with Crippen molar-refractivity contribution < 1.29 is 14.0 Å². The van der Waals surface area contributed by atoms with Crippen molar-refractivity contribution in [3.63, 3.8) is 0 Å². The normalized spacial score (nSPS) is 18.9. The summed E-state index contributed by atoms with van der Waals surface area (Å²) in [6, 6.07) is 5.57. The summed E-state index contributed by atoms with van der Waals surface area (Å²) in [5.74, 6) is 2.53. The van der Waals surface area contributed by atoms with Crippen LogP contribution in [0.25, 0.3) is 11.4 Å². The first kappa shape index (κ1) is 12.7. The van der Waals surface area contributed by atoms with Gasteiger partial charge in [-0.3, -0.25) is 5.32 Å². The lowest BCUT2D eigenvalue weighted by molar-refractivity contribution is 0.174. The summed E-state index contributed by atoms with van der Waals surface area (Å²) in [7, 11) is 0. The van der Waals surface area contributed by atoms with Gasteiger partial charge in [-0.05, 0) is 18.2 Å². The fraction of sp³-hybridized carbons (Fsp3) is 0.267. The monoisotopic (exact) mass is 311 g/mol. The van der Waals surface area contributed by atoms with E-state index >= 15 is 0 Å². The van der Waals surface area contributed by atoms with Crippen LogP contribution in [0.5, 0.6) is 11.5 Å². The summed E-state index contributed by atoms with van der Waals surface area (Å²) in [4.78, 5) is 12.0. The van der Waals surface area contributed by atoms with E-state index in [-0.39, 0.29) is 12.8 Å². The Hall–Kier alpha value is -2.87. The molecule has 4 heterocycles. The smallest absolute Gasteiger partial charge is 0.244 e. The molecule has 8 heteroatoms. The van der Waals surface area contributed by atoms with Crippen molar-refractivity contribution in [1.82, 2.24) is 25.4 Å². The average molecular weight is 311 g/mol. The van der Waals surface area contributed by atoms with Gasteiger partial charge in [-0.15, -0.1) is 0 Å². The largest absolute Gasteiger partial charge is 0.454 e. The third-order valence-corrected chi connectivity index (χ3v) is 4.10. The van der Waals surface area contributed by atoms with E-state index in [9.17, 15) is 0 Å². The number of aromatic amines is 1. The molecule has 1 atom stereocenters. The van der Waals surface area contributed by atoms with E-state index in [1.165, 1.54) is 0 Å². The number of aromatic nitrogens is 4. The van der Waals surface area contributed by atoms with Crippen LogP contribution in [0.15, 0.2) is 29.0 Å². The van der Waals surface area contributed by atoms with Gasteiger partial charge in [0, 0.05) is 18.5 Å². The van der Waals surface area contributed by atoms with Gasteiger partial charge >= 0.3 is 0 Å². The number of hydrogen-bond acceptors (Lipinski definition) is 7. The molecule has 3 aromatic rings. The Kier molecular flexibility index (Phi) is 2.65. The zero-order chi connectivity index (χ0) is 15.2. The van der Waals surface area contributed by atoms with Crippen LogP contribution in [-0.2, 0) is 13.0 Å². The summed E-state index contributed by atoms with van der Waals surface area (Å²) >= 11 is 0. The molecular formula is C15H13N5O3. The molecule has 2 N–H and O–H groups in total. The van der Waals surface area contributed by atoms with Crippen LogP contribution in [0, 0.1) is 0 Å². The Morgan fingerprint density at radius 3 is 3.13 bits per heavy atom. The number of benzene rings is 1. The predicted octanol–water partition coefficient (Wildman–Crippen LogP) is 1.58. The van der Waals surface area contributed by atoms with E-state index in [1.807, 2.05) is 18.2 Å². The first-order valence-electron chi connectivity index (χ1n) is 7.35. The molecule has 5 rings (SSSR count). The molecule has 0 amide bonds. The van der Waals surface area contributed by atoms with Crippen molar-refractivity contribution in [3.8, 4) is 22.9 Å². The minimum atomic E-state index is -0.0268. The molecule has 2 aromatic heterocycles. The first-order chi connectivity index (χ1) is 11.4. The summed E-state index contributed by atoms with van der Waals surface area (Å²) in [6.07, 6.45) is 2.43. The third kappa shape index (κ3) is 2.07. The van der Waals surface area contributed by atoms with Gasteiger partial charge in [-0.1, -0.05) is 5.16 Å². The summed E-state index contributed by atoms with van der Waals surface area (Å²) in [5.41, 5.74) is 2.98. The van der Waals surface area contributed by atoms with E-state index in [1.54, 1.807) is 6.33 Å². The minimum Gasteiger partial charge on any atom is -0.454 e. The molecule has 2 aliphatic heterocycles. The van der Waals surface area contributed by atoms with Gasteiger partial charge in [-0.2, -0.15) is 4.98 Å². The topological polar surface area (TPSA) is 98.1 Å². The maximum atomic E-state index is 5.44. The average Bonchev–Trinajstić information content (AvgIpc) is 3.32. The molecule has 0 bridgehead atoms. The number of fused-ring (bicyclic) bond motifs is 2. The lowest BCUT2D eigenvalue weighted by atomic mass is 10.1. The molecule has 23 heavy (non-hydrogen) atoms. The van der Waals surface area contributed by atoms with Gasteiger partial charge in [0.2, 0.25) is 18.5 Å². The lowest BCUT2D eigenvalue weighted by Gasteiger charge is -2.19. The highest BCUT2D eigenvalue weighted by molar-refractivity contribution is 5.61. The summed E-state index contributed by atoms with van der Waals surface area (Å²) < 4.78 is 16.1. The highest BCUT2D eigenvalue weighted by Crippen LogP contribution is 2.35. The van der Waals surface area contributed by atoms with E-state index in [0.717, 1.165) is 29.1 Å². The van der Waals surface area contributed by atoms with Crippen LogP contribution in [0.2, 0.25) is 0 Å². The van der Waals surface area contributed by atoms with Gasteiger partial charge in [0.05, 0.1) is 23.8 Å². The molecule has 116 valence electrons. The SMILES string of the molecule is c1nc2c([nH]1)CN[C@H](c1nc(-c3ccc4c(c3)OCO4)no1)C2. The maximum Gasteiger partial charge on any atom is 0.244 e. The zero-order valence-electron chi connectivity index (χ0n) is 12.1. The Morgan fingerprint density at radius 2 is 2.13 bits per heavy atom. The molecule has 2 aliphatic rings. The Labute approximate surface area is 130 Å². The quantitative estimate of drug-likeness (QED) is 0.741. The summed E-state index contributed by atoms with van der Waals surface area (Å²) in [5, 5.41) is 7.45. The van der Waals surface area contributed by atoms with Crippen molar-refractivity contribution in [1.29, 1.82) is 0 Å². The van der Waals surface area contributed by atoms with Crippen molar-refractivity contribution >= 4 is 0 Å². The highest BCUT2D eigenvalue weighted by Gasteiger charge is 2.26. The van der Waals surface area contributed by atoms with Gasteiger partial charge in [0.25, 0.3) is 0 Å². The second-order valence-electron chi connectivity index (χ2n) is 5.49. The summed E-state index contributed by atoms with van der Waals surface area (Å²) in [6.45, 7) is 0.954. The van der Waals surface area contributed by atoms with Crippen molar-refractivity contribution in [2.24, 2.45) is 0 Å². The van der Waals surface area contributed by atoms with Crippen LogP contribution in [0.3, 0.4) is 0 Å². The molecule has 0 radical (unpaired) electrons. The van der Waals surface area contributed by atoms with Crippen LogP contribution < -0.4 is 14.8 Å². The molecule has 0 saturated carbocycles. The standard InChI is InChI=1S/C15H13N5O3/c1-2-12-13(22-7-21-12)3-8(1)14-19-15(23-20-14)10-4-9-11(5-16-10)18-6-17-9/h1-3,6,10,16H,4-5,7H2,(H,17,18)/t10-/m0/s1. The molecule has 0 fully saturated rings. The van der Waals surface area contributed by atoms with Crippen LogP contribution in [0.1, 0.15) is 23.3 Å². The number of H-pyrrole nitrogens is 1. The second kappa shape index (κ2) is 4.82. The van der Waals surface area contributed by atoms with Crippen LogP contribution in [0.4, 0.5) is 0 Å². The maximum absolute atomic E-state index is 5.44. The minimum absolute atomic E-state index is 0.0268. The van der Waals surface area contributed by atoms with Crippen molar-refractivity contribution in [2.45, 2.75) is 19.0 Å². The van der Waals surface area contributed by atoms with Crippen LogP contribution in [-0.4, -0.2) is 26.9 Å². The van der Waals surface area contributed by atoms with Gasteiger partial charge in [0.15, 0.2) is 11.5 Å². The molecular weight excluding hydrogens is 298 g/mol. The fourth-order valence-electron chi connectivity index (χ4n) is 2.87. The molecule has 8 nitrogen and oxygen atoms in total. The molecule has 1 aromatic carbocycles. The number of nitrogens with one attached hydrogen (secondary N) is 2. The highest BCUT2D eigenvalue weighted by atomic mass is 16.7. The molecule has 0 saturated heterocycles. The molecule has 0 spiro atoms. The van der Waals surface area contributed by atoms with E-state index in [0.29, 0.717) is 24.0 Å². The number of rotatable bonds is 2. The fourth-order valence-corrected chi connectivity index (χ4v) is 2.87. The van der Waals surface area contributed by atoms with E-state index < -0.39 is 0 Å². The third-order valence-electron chi connectivity index (χ3n) is 4.10. The van der Waals surface area contributed by atoms with Gasteiger partial charge < -0.3 is 19.0 Å². The van der Waals surface area contributed by atoms with Crippen molar-refractivity contribution in [3.05, 3.63) is 41.8 Å². The Balaban J connectivity index is 1.43. The zero-order valence-corrected chi connectivity index (χ0v) is 12.1. The number of imidazole rings is 1. The van der Waals surface area contributed by atoms with Gasteiger partial charge in [-0.25, -0.2) is 4.98 Å². The number of ether oxygens (including phenoxy) is 2. The Bertz CT molecular complexity index is 872. The number of nitrogens with zero attached hydrogens (tertiary/aromatic N) is 3. The lowest BCUT2D eigenvalue weighted by Crippen LogP contribution is -2.28. The Morgan fingerprint density at radius 1 is 1.17 bits per heavy atom. The second-order valence-corrected chi connectivity index (χ2v) is 5.49. The number of hydrogen-bond donors (Lipinski definition) is 2. The van der Waals surface area contributed by atoms with Gasteiger partial charge in [0.1, 0.15) is 0 Å².